The lowest BCUT2D eigenvalue weighted by Gasteiger charge is -2.42. The van der Waals surface area contributed by atoms with Gasteiger partial charge in [-0.15, -0.1) is 0 Å². The Morgan fingerprint density at radius 2 is 2.04 bits per heavy atom. The van der Waals surface area contributed by atoms with Crippen molar-refractivity contribution < 1.29 is 33.3 Å². The summed E-state index contributed by atoms with van der Waals surface area (Å²) in [6.07, 6.45) is 1.93. The second-order valence-electron chi connectivity index (χ2n) is 8.32. The van der Waals surface area contributed by atoms with Gasteiger partial charge >= 0.3 is 11.9 Å². The molecular weight excluding hydrogens is 328 g/mol. The van der Waals surface area contributed by atoms with Gasteiger partial charge in [0.2, 0.25) is 0 Å². The van der Waals surface area contributed by atoms with E-state index in [0.717, 1.165) is 0 Å². The molecule has 0 aromatic heterocycles. The topological polar surface area (TPSA) is 88.1 Å². The summed E-state index contributed by atoms with van der Waals surface area (Å²) in [6.45, 7) is 7.39. The van der Waals surface area contributed by atoms with E-state index < -0.39 is 46.0 Å². The number of esters is 2. The fraction of sp³-hybridized carbons (Fsp3) is 0.722. The number of ketones is 1. The Hall–Kier alpha value is -1.73. The lowest BCUT2D eigenvalue weighted by atomic mass is 9.69. The van der Waals surface area contributed by atoms with Gasteiger partial charge in [-0.2, -0.15) is 0 Å². The summed E-state index contributed by atoms with van der Waals surface area (Å²) in [4.78, 5) is 38.4. The van der Waals surface area contributed by atoms with Gasteiger partial charge in [-0.3, -0.25) is 4.79 Å². The van der Waals surface area contributed by atoms with Gasteiger partial charge in [0.05, 0.1) is 19.1 Å². The van der Waals surface area contributed by atoms with E-state index in [1.807, 2.05) is 0 Å². The Kier molecular flexibility index (Phi) is 3.15. The molecule has 4 atom stereocenters. The second kappa shape index (κ2) is 4.71. The van der Waals surface area contributed by atoms with E-state index >= 15 is 0 Å². The molecule has 4 aliphatic heterocycles. The molecule has 0 saturated carbocycles. The minimum absolute atomic E-state index is 0.158. The van der Waals surface area contributed by atoms with E-state index in [0.29, 0.717) is 12.0 Å². The van der Waals surface area contributed by atoms with E-state index in [1.54, 1.807) is 27.7 Å². The van der Waals surface area contributed by atoms with Crippen LogP contribution >= 0.6 is 0 Å². The highest BCUT2D eigenvalue weighted by atomic mass is 16.7. The normalized spacial score (nSPS) is 42.4. The molecule has 0 unspecified atom stereocenters. The third kappa shape index (κ3) is 1.85. The standard InChI is InChI=1S/C18H22O7/c1-10-7-13(20)23-17(10)11-8-22-9-16(11)6-5-12(19)18(17,25-16)14(21)24-15(2,3)4/h7,11H,5-6,8-9H2,1-4H3/t11-,16+,17-,18-/m1/s1. The first-order chi connectivity index (χ1) is 11.6. The van der Waals surface area contributed by atoms with Gasteiger partial charge < -0.3 is 18.9 Å². The molecule has 2 spiro atoms. The average molecular weight is 350 g/mol. The van der Waals surface area contributed by atoms with Crippen molar-refractivity contribution in [2.24, 2.45) is 5.92 Å². The van der Waals surface area contributed by atoms with Gasteiger partial charge in [0.15, 0.2) is 11.4 Å². The van der Waals surface area contributed by atoms with Crippen LogP contribution in [0.5, 0.6) is 0 Å². The van der Waals surface area contributed by atoms with Crippen LogP contribution in [0, 0.1) is 5.92 Å². The van der Waals surface area contributed by atoms with Crippen molar-refractivity contribution in [1.29, 1.82) is 0 Å². The van der Waals surface area contributed by atoms with Crippen molar-refractivity contribution in [3.8, 4) is 0 Å². The van der Waals surface area contributed by atoms with Crippen molar-refractivity contribution in [2.45, 2.75) is 62.9 Å². The molecule has 0 radical (unpaired) electrons. The van der Waals surface area contributed by atoms with Crippen LogP contribution in [0.3, 0.4) is 0 Å². The smallest absolute Gasteiger partial charge is 0.351 e. The predicted octanol–water partition coefficient (Wildman–Crippen LogP) is 1.09. The zero-order chi connectivity index (χ0) is 18.3. The van der Waals surface area contributed by atoms with E-state index in [2.05, 4.69) is 0 Å². The summed E-state index contributed by atoms with van der Waals surface area (Å²) in [5.74, 6) is -2.18. The first-order valence-electron chi connectivity index (χ1n) is 8.54. The van der Waals surface area contributed by atoms with E-state index in [-0.39, 0.29) is 19.6 Å². The molecule has 25 heavy (non-hydrogen) atoms. The quantitative estimate of drug-likeness (QED) is 0.516. The average Bonchev–Trinajstić information content (AvgIpc) is 3.06. The summed E-state index contributed by atoms with van der Waals surface area (Å²) in [7, 11) is 0. The molecule has 0 amide bonds. The number of carbonyl (C=O) groups excluding carboxylic acids is 3. The van der Waals surface area contributed by atoms with Gasteiger partial charge in [0.25, 0.3) is 5.60 Å². The highest BCUT2D eigenvalue weighted by Gasteiger charge is 2.84. The van der Waals surface area contributed by atoms with Gasteiger partial charge in [-0.1, -0.05) is 0 Å². The SMILES string of the molecule is CC1=CC(=O)O[C@@]12[C@@H]1COC[C@@]13CCC(=O)[C@]2(C(=O)OC(C)(C)C)O3. The van der Waals surface area contributed by atoms with Crippen LogP contribution in [-0.4, -0.2) is 53.3 Å². The monoisotopic (exact) mass is 350 g/mol. The van der Waals surface area contributed by atoms with Crippen molar-refractivity contribution in [1.82, 2.24) is 0 Å². The van der Waals surface area contributed by atoms with Gasteiger partial charge in [-0.25, -0.2) is 9.59 Å². The zero-order valence-corrected chi connectivity index (χ0v) is 14.8. The third-order valence-corrected chi connectivity index (χ3v) is 5.67. The van der Waals surface area contributed by atoms with Gasteiger partial charge in [-0.05, 0) is 39.7 Å². The molecule has 2 bridgehead atoms. The van der Waals surface area contributed by atoms with Crippen LogP contribution in [0.15, 0.2) is 11.6 Å². The fourth-order valence-corrected chi connectivity index (χ4v) is 4.78. The Labute approximate surface area is 145 Å². The number of ether oxygens (including phenoxy) is 4. The first kappa shape index (κ1) is 16.7. The number of hydrogen-bond donors (Lipinski definition) is 0. The Balaban J connectivity index is 1.93. The highest BCUT2D eigenvalue weighted by molar-refractivity contribution is 6.12. The number of fused-ring (bicyclic) bond motifs is 3. The van der Waals surface area contributed by atoms with Crippen molar-refractivity contribution in [2.75, 3.05) is 13.2 Å². The molecule has 3 saturated heterocycles. The lowest BCUT2D eigenvalue weighted by Crippen LogP contribution is -2.66. The van der Waals surface area contributed by atoms with E-state index in [1.165, 1.54) is 6.08 Å². The molecule has 0 N–H and O–H groups in total. The minimum atomic E-state index is -1.96. The van der Waals surface area contributed by atoms with Crippen molar-refractivity contribution in [3.05, 3.63) is 11.6 Å². The van der Waals surface area contributed by atoms with Gasteiger partial charge in [0.1, 0.15) is 11.2 Å². The van der Waals surface area contributed by atoms with E-state index in [9.17, 15) is 14.4 Å². The van der Waals surface area contributed by atoms with Crippen LogP contribution in [-0.2, 0) is 33.3 Å². The van der Waals surface area contributed by atoms with Crippen molar-refractivity contribution >= 4 is 17.7 Å². The number of hydrogen-bond acceptors (Lipinski definition) is 7. The molecule has 7 nitrogen and oxygen atoms in total. The number of Topliss-reactive ketones (excluding diaryl/α,β-unsaturated/α-hetero) is 1. The molecule has 0 aromatic rings. The summed E-state index contributed by atoms with van der Waals surface area (Å²) >= 11 is 0. The summed E-state index contributed by atoms with van der Waals surface area (Å²) in [5.41, 5.74) is -4.56. The molecule has 4 aliphatic rings. The Morgan fingerprint density at radius 3 is 2.64 bits per heavy atom. The fourth-order valence-electron chi connectivity index (χ4n) is 4.78. The molecule has 3 fully saturated rings. The molecule has 4 rings (SSSR count). The molecule has 7 heteroatoms. The number of carbonyl (C=O) groups is 3. The maximum atomic E-state index is 13.2. The summed E-state index contributed by atoms with van der Waals surface area (Å²) in [6, 6.07) is 0. The van der Waals surface area contributed by atoms with E-state index in [4.69, 9.17) is 18.9 Å². The van der Waals surface area contributed by atoms with Crippen molar-refractivity contribution in [3.63, 3.8) is 0 Å². The molecule has 136 valence electrons. The highest BCUT2D eigenvalue weighted by Crippen LogP contribution is 2.63. The molecule has 0 aliphatic carbocycles. The second-order valence-corrected chi connectivity index (χ2v) is 8.32. The zero-order valence-electron chi connectivity index (χ0n) is 14.8. The van der Waals surface area contributed by atoms with Crippen LogP contribution in [0.1, 0.15) is 40.5 Å². The van der Waals surface area contributed by atoms with Crippen LogP contribution in [0.25, 0.3) is 0 Å². The maximum Gasteiger partial charge on any atom is 0.351 e. The Bertz CT molecular complexity index is 717. The van der Waals surface area contributed by atoms with Crippen LogP contribution in [0.2, 0.25) is 0 Å². The maximum absolute atomic E-state index is 13.2. The predicted molar refractivity (Wildman–Crippen MR) is 83.5 cm³/mol. The first-order valence-corrected chi connectivity index (χ1v) is 8.54. The molecular formula is C18H22O7. The third-order valence-electron chi connectivity index (χ3n) is 5.67. The molecule has 4 heterocycles. The largest absolute Gasteiger partial charge is 0.457 e. The minimum Gasteiger partial charge on any atom is -0.457 e. The van der Waals surface area contributed by atoms with Crippen LogP contribution < -0.4 is 0 Å². The molecule has 0 aromatic carbocycles. The lowest BCUT2D eigenvalue weighted by molar-refractivity contribution is -0.218. The summed E-state index contributed by atoms with van der Waals surface area (Å²) < 4.78 is 23.1. The summed E-state index contributed by atoms with van der Waals surface area (Å²) in [5, 5.41) is 0. The number of rotatable bonds is 1. The Morgan fingerprint density at radius 1 is 1.32 bits per heavy atom. The van der Waals surface area contributed by atoms with Crippen LogP contribution in [0.4, 0.5) is 0 Å². The van der Waals surface area contributed by atoms with Gasteiger partial charge in [0, 0.05) is 12.5 Å².